The highest BCUT2D eigenvalue weighted by Crippen LogP contribution is 2.03. The van der Waals surface area contributed by atoms with Crippen LogP contribution in [0.4, 0.5) is 0 Å². The normalized spacial score (nSPS) is 19.8. The van der Waals surface area contributed by atoms with Crippen molar-refractivity contribution in [2.45, 2.75) is 24.4 Å². The Morgan fingerprint density at radius 3 is 1.08 bits per heavy atom. The smallest absolute Gasteiger partial charge is 0.111 e. The van der Waals surface area contributed by atoms with Crippen molar-refractivity contribution in [1.29, 1.82) is 0 Å². The highest BCUT2D eigenvalue weighted by molar-refractivity contribution is 4.79. The lowest BCUT2D eigenvalue weighted by atomic mass is 10.0. The molecule has 0 unspecified atom stereocenters. The van der Waals surface area contributed by atoms with Gasteiger partial charge in [0.2, 0.25) is 0 Å². The summed E-state index contributed by atoms with van der Waals surface area (Å²) in [6.07, 6.45) is -6.39. The van der Waals surface area contributed by atoms with Gasteiger partial charge in [-0.2, -0.15) is 0 Å². The van der Waals surface area contributed by atoms with Crippen LogP contribution in [0.3, 0.4) is 0 Å². The van der Waals surface area contributed by atoms with Gasteiger partial charge < -0.3 is 36.1 Å². The van der Waals surface area contributed by atoms with Gasteiger partial charge in [-0.15, -0.1) is 0 Å². The molecule has 0 aliphatic rings. The van der Waals surface area contributed by atoms with E-state index in [1.807, 2.05) is 0 Å². The summed E-state index contributed by atoms with van der Waals surface area (Å²) >= 11 is 0. The molecule has 7 heteroatoms. The maximum atomic E-state index is 8.96. The summed E-state index contributed by atoms with van der Waals surface area (Å²) in [5.74, 6) is 0. The molecule has 0 aromatic carbocycles. The molecule has 0 saturated heterocycles. The van der Waals surface area contributed by atoms with Gasteiger partial charge in [0.25, 0.3) is 0 Å². The minimum absolute atomic E-state index is 0. The number of rotatable bonds is 5. The second kappa shape index (κ2) is 7.15. The summed E-state index contributed by atoms with van der Waals surface area (Å²) in [5.41, 5.74) is 0. The van der Waals surface area contributed by atoms with Crippen molar-refractivity contribution in [3.8, 4) is 0 Å². The lowest BCUT2D eigenvalue weighted by Crippen LogP contribution is -2.46. The van der Waals surface area contributed by atoms with E-state index in [1.165, 1.54) is 0 Å². The molecule has 0 amide bonds. The monoisotopic (exact) mass is 200 g/mol. The molecule has 0 aliphatic carbocycles. The van der Waals surface area contributed by atoms with Crippen molar-refractivity contribution in [2.75, 3.05) is 13.2 Å². The van der Waals surface area contributed by atoms with E-state index in [1.54, 1.807) is 0 Å². The molecule has 7 nitrogen and oxygen atoms in total. The van der Waals surface area contributed by atoms with Gasteiger partial charge in [-0.25, -0.2) is 0 Å². The van der Waals surface area contributed by atoms with E-state index in [2.05, 4.69) is 0 Å². The van der Waals surface area contributed by atoms with Crippen molar-refractivity contribution < 1.29 is 36.1 Å². The average molecular weight is 200 g/mol. The molecule has 0 aromatic rings. The highest BCUT2D eigenvalue weighted by atomic mass is 16.4. The Balaban J connectivity index is 0. The fraction of sp³-hybridized carbons (Fsp3) is 1.00. The molecule has 0 fully saturated rings. The second-order valence-corrected chi connectivity index (χ2v) is 2.48. The van der Waals surface area contributed by atoms with Crippen LogP contribution in [0.5, 0.6) is 0 Å². The number of hydrogen-bond acceptors (Lipinski definition) is 6. The van der Waals surface area contributed by atoms with Crippen LogP contribution in [0.1, 0.15) is 0 Å². The first-order valence-electron chi connectivity index (χ1n) is 3.48. The van der Waals surface area contributed by atoms with Crippen LogP contribution in [-0.2, 0) is 0 Å². The van der Waals surface area contributed by atoms with Crippen molar-refractivity contribution >= 4 is 0 Å². The quantitative estimate of drug-likeness (QED) is 0.263. The van der Waals surface area contributed by atoms with Crippen LogP contribution < -0.4 is 0 Å². The van der Waals surface area contributed by atoms with Crippen LogP contribution in [0.15, 0.2) is 0 Å². The Morgan fingerprint density at radius 2 is 0.923 bits per heavy atom. The minimum Gasteiger partial charge on any atom is -0.412 e. The molecule has 8 N–H and O–H groups in total. The molecule has 0 radical (unpaired) electrons. The van der Waals surface area contributed by atoms with E-state index in [4.69, 9.17) is 30.6 Å². The maximum absolute atomic E-state index is 8.96. The van der Waals surface area contributed by atoms with Crippen LogP contribution in [0.2, 0.25) is 0 Å². The Bertz CT molecular complexity index is 106. The summed E-state index contributed by atoms with van der Waals surface area (Å²) in [5, 5.41) is 52.2. The number of aliphatic hydroxyl groups excluding tert-OH is 6. The third-order valence-electron chi connectivity index (χ3n) is 1.51. The molecule has 0 saturated carbocycles. The fourth-order valence-corrected chi connectivity index (χ4v) is 0.671. The highest BCUT2D eigenvalue weighted by Gasteiger charge is 2.29. The van der Waals surface area contributed by atoms with Crippen LogP contribution in [0, 0.1) is 0 Å². The topological polar surface area (TPSA) is 153 Å². The zero-order valence-corrected chi connectivity index (χ0v) is 6.91. The Labute approximate surface area is 74.8 Å². The number of aliphatic hydroxyl groups is 6. The van der Waals surface area contributed by atoms with Crippen molar-refractivity contribution in [1.82, 2.24) is 0 Å². The summed E-state index contributed by atoms with van der Waals surface area (Å²) in [6, 6.07) is 0. The molecule has 0 aliphatic heterocycles. The van der Waals surface area contributed by atoms with Gasteiger partial charge in [0.15, 0.2) is 0 Å². The average Bonchev–Trinajstić information content (AvgIpc) is 2.12. The predicted molar refractivity (Wildman–Crippen MR) is 41.8 cm³/mol. The first-order chi connectivity index (χ1) is 5.54. The summed E-state index contributed by atoms with van der Waals surface area (Å²) < 4.78 is 0. The maximum Gasteiger partial charge on any atom is 0.111 e. The van der Waals surface area contributed by atoms with E-state index in [-0.39, 0.29) is 5.48 Å². The largest absolute Gasteiger partial charge is 0.412 e. The molecule has 13 heavy (non-hydrogen) atoms. The van der Waals surface area contributed by atoms with Crippen LogP contribution in [0.25, 0.3) is 0 Å². The van der Waals surface area contributed by atoms with Crippen LogP contribution in [-0.4, -0.2) is 73.7 Å². The third-order valence-corrected chi connectivity index (χ3v) is 1.51. The van der Waals surface area contributed by atoms with E-state index in [9.17, 15) is 0 Å². The van der Waals surface area contributed by atoms with Crippen molar-refractivity contribution in [2.24, 2.45) is 0 Å². The first kappa shape index (κ1) is 15.2. The van der Waals surface area contributed by atoms with Gasteiger partial charge in [-0.05, 0) is 0 Å². The van der Waals surface area contributed by atoms with Gasteiger partial charge in [0, 0.05) is 0 Å². The molecule has 0 rings (SSSR count). The third kappa shape index (κ3) is 4.48. The molecular weight excluding hydrogens is 184 g/mol. The lowest BCUT2D eigenvalue weighted by molar-refractivity contribution is -0.123. The Kier molecular flexibility index (Phi) is 8.37. The molecule has 82 valence electrons. The minimum atomic E-state index is -1.67. The van der Waals surface area contributed by atoms with Gasteiger partial charge in [0.1, 0.15) is 24.4 Å². The van der Waals surface area contributed by atoms with Gasteiger partial charge in [0.05, 0.1) is 13.2 Å². The zero-order valence-electron chi connectivity index (χ0n) is 6.91. The summed E-state index contributed by atoms with van der Waals surface area (Å²) in [7, 11) is 0. The molecular formula is C6H16O7. The Morgan fingerprint density at radius 1 is 0.692 bits per heavy atom. The molecule has 4 atom stereocenters. The molecule has 0 aromatic heterocycles. The van der Waals surface area contributed by atoms with Crippen molar-refractivity contribution in [3.63, 3.8) is 0 Å². The van der Waals surface area contributed by atoms with Crippen LogP contribution >= 0.6 is 0 Å². The molecule has 0 spiro atoms. The summed E-state index contributed by atoms with van der Waals surface area (Å²) in [6.45, 7) is -1.45. The SMILES string of the molecule is O.OC[C@@H](O)[C@H](O)[C@@H](O)[C@H](O)CO. The standard InChI is InChI=1S/C6H14O6.H2O/c7-1-3(9)5(11)6(12)4(10)2-8;/h3-12H,1-2H2;1H2/t3-,4-,5+,6+;/m1./s1. The van der Waals surface area contributed by atoms with Gasteiger partial charge in [-0.3, -0.25) is 0 Å². The van der Waals surface area contributed by atoms with E-state index in [0.717, 1.165) is 0 Å². The second-order valence-electron chi connectivity index (χ2n) is 2.48. The first-order valence-corrected chi connectivity index (χ1v) is 3.48. The number of hydrogen-bond donors (Lipinski definition) is 6. The Hall–Kier alpha value is -0.280. The predicted octanol–water partition coefficient (Wildman–Crippen LogP) is -4.41. The zero-order chi connectivity index (χ0) is 9.72. The van der Waals surface area contributed by atoms with E-state index in [0.29, 0.717) is 0 Å². The van der Waals surface area contributed by atoms with E-state index < -0.39 is 37.6 Å². The molecule has 0 bridgehead atoms. The van der Waals surface area contributed by atoms with E-state index >= 15 is 0 Å². The fourth-order valence-electron chi connectivity index (χ4n) is 0.671. The lowest BCUT2D eigenvalue weighted by Gasteiger charge is -2.24. The summed E-state index contributed by atoms with van der Waals surface area (Å²) in [4.78, 5) is 0. The van der Waals surface area contributed by atoms with Gasteiger partial charge >= 0.3 is 0 Å². The van der Waals surface area contributed by atoms with Crippen molar-refractivity contribution in [3.05, 3.63) is 0 Å². The molecule has 0 heterocycles. The van der Waals surface area contributed by atoms with Gasteiger partial charge in [-0.1, -0.05) is 0 Å².